The van der Waals surface area contributed by atoms with Crippen molar-refractivity contribution in [2.75, 3.05) is 25.7 Å². The van der Waals surface area contributed by atoms with Crippen molar-refractivity contribution in [3.05, 3.63) is 59.7 Å². The summed E-state index contributed by atoms with van der Waals surface area (Å²) in [5, 5.41) is 3.41. The van der Waals surface area contributed by atoms with Crippen molar-refractivity contribution >= 4 is 5.69 Å². The number of hydrogen-bond donors (Lipinski definition) is 2. The van der Waals surface area contributed by atoms with Gasteiger partial charge in [0.15, 0.2) is 0 Å². The van der Waals surface area contributed by atoms with Gasteiger partial charge >= 0.3 is 0 Å². The fourth-order valence-corrected chi connectivity index (χ4v) is 2.09. The number of halogens is 1. The highest BCUT2D eigenvalue weighted by Crippen LogP contribution is 2.12. The first-order valence-corrected chi connectivity index (χ1v) is 7.11. The maximum Gasteiger partial charge on any atom is 0.228 e. The molecule has 0 amide bonds. The molecule has 2 rings (SSSR count). The predicted octanol–water partition coefficient (Wildman–Crippen LogP) is 2.95. The smallest absolute Gasteiger partial charge is 0.228 e. The van der Waals surface area contributed by atoms with Crippen molar-refractivity contribution in [3.8, 4) is 5.75 Å². The lowest BCUT2D eigenvalue weighted by atomic mass is 10.1. The van der Waals surface area contributed by atoms with Crippen molar-refractivity contribution in [2.24, 2.45) is 0 Å². The van der Waals surface area contributed by atoms with Crippen molar-refractivity contribution in [1.82, 2.24) is 5.32 Å². The minimum absolute atomic E-state index is 0.567. The fraction of sp³-hybridized carbons (Fsp3) is 0.294. The van der Waals surface area contributed by atoms with Crippen LogP contribution < -0.4 is 15.8 Å². The van der Waals surface area contributed by atoms with Gasteiger partial charge in [0.05, 0.1) is 0 Å². The summed E-state index contributed by atoms with van der Waals surface area (Å²) in [5.41, 5.74) is 8.94. The number of nitrogen functional groups attached to an aromatic ring is 1. The molecule has 2 aromatic carbocycles. The molecule has 0 heterocycles. The summed E-state index contributed by atoms with van der Waals surface area (Å²) >= 11 is 0. The Kier molecular flexibility index (Phi) is 6.03. The second kappa shape index (κ2) is 8.27. The molecule has 3 nitrogen and oxygen atoms in total. The third kappa shape index (κ3) is 5.44. The third-order valence-electron chi connectivity index (χ3n) is 3.31. The van der Waals surface area contributed by atoms with E-state index in [2.05, 4.69) is 17.4 Å². The molecule has 21 heavy (non-hydrogen) atoms. The van der Waals surface area contributed by atoms with Gasteiger partial charge < -0.3 is 15.8 Å². The first-order chi connectivity index (χ1) is 10.3. The molecule has 112 valence electrons. The highest BCUT2D eigenvalue weighted by Gasteiger charge is 1.97. The topological polar surface area (TPSA) is 47.3 Å². The van der Waals surface area contributed by atoms with E-state index in [-0.39, 0.29) is 0 Å². The highest BCUT2D eigenvalue weighted by molar-refractivity contribution is 5.39. The van der Waals surface area contributed by atoms with Gasteiger partial charge in [-0.25, -0.2) is 4.39 Å². The predicted molar refractivity (Wildman–Crippen MR) is 84.2 cm³/mol. The molecule has 0 aromatic heterocycles. The summed E-state index contributed by atoms with van der Waals surface area (Å²) in [6.45, 7) is 1.07. The molecule has 0 saturated carbocycles. The maximum atomic E-state index is 12.0. The van der Waals surface area contributed by atoms with Crippen molar-refractivity contribution < 1.29 is 9.13 Å². The van der Waals surface area contributed by atoms with Crippen molar-refractivity contribution in [2.45, 2.75) is 12.8 Å². The molecule has 0 aliphatic heterocycles. The highest BCUT2D eigenvalue weighted by atomic mass is 19.1. The summed E-state index contributed by atoms with van der Waals surface area (Å²) in [5.74, 6) is 0.567. The molecule has 0 atom stereocenters. The Morgan fingerprint density at radius 3 is 1.90 bits per heavy atom. The summed E-state index contributed by atoms with van der Waals surface area (Å²) in [7, 11) is 0. The van der Waals surface area contributed by atoms with Gasteiger partial charge in [-0.2, -0.15) is 0 Å². The van der Waals surface area contributed by atoms with Crippen LogP contribution in [-0.4, -0.2) is 20.0 Å². The molecule has 0 unspecified atom stereocenters. The Balaban J connectivity index is 1.64. The number of alkyl halides is 1. The monoisotopic (exact) mass is 288 g/mol. The Bertz CT molecular complexity index is 525. The van der Waals surface area contributed by atoms with Gasteiger partial charge in [-0.05, 0) is 61.3 Å². The molecule has 0 spiro atoms. The van der Waals surface area contributed by atoms with Crippen LogP contribution in [0.2, 0.25) is 0 Å². The van der Waals surface area contributed by atoms with Gasteiger partial charge in [0.1, 0.15) is 5.75 Å². The van der Waals surface area contributed by atoms with Crippen LogP contribution >= 0.6 is 0 Å². The number of nitrogens with one attached hydrogen (secondary N) is 1. The standard InChI is InChI=1S/C17H21FN2O/c18-13-21-17-7-3-15(4-8-17)10-12-20-11-9-14-1-5-16(19)6-2-14/h1-8,20H,9-13,19H2. The van der Waals surface area contributed by atoms with Crippen LogP contribution in [0.5, 0.6) is 5.75 Å². The molecule has 2 aromatic rings. The van der Waals surface area contributed by atoms with E-state index >= 15 is 0 Å². The van der Waals surface area contributed by atoms with Crippen LogP contribution in [0, 0.1) is 0 Å². The Morgan fingerprint density at radius 2 is 1.38 bits per heavy atom. The van der Waals surface area contributed by atoms with Crippen LogP contribution in [0.15, 0.2) is 48.5 Å². The van der Waals surface area contributed by atoms with Crippen LogP contribution in [0.1, 0.15) is 11.1 Å². The molecule has 0 aliphatic rings. The number of hydrogen-bond acceptors (Lipinski definition) is 3. The van der Waals surface area contributed by atoms with Gasteiger partial charge in [0, 0.05) is 5.69 Å². The van der Waals surface area contributed by atoms with E-state index in [1.165, 1.54) is 11.1 Å². The largest absolute Gasteiger partial charge is 0.463 e. The molecular formula is C17H21FN2O. The van der Waals surface area contributed by atoms with Crippen LogP contribution in [0.4, 0.5) is 10.1 Å². The Hall–Kier alpha value is -2.07. The summed E-state index contributed by atoms with van der Waals surface area (Å²) in [4.78, 5) is 0. The molecule has 0 saturated heterocycles. The zero-order chi connectivity index (χ0) is 14.9. The van der Waals surface area contributed by atoms with E-state index < -0.39 is 6.86 Å². The quantitative estimate of drug-likeness (QED) is 0.580. The minimum Gasteiger partial charge on any atom is -0.463 e. The Labute approximate surface area is 124 Å². The molecule has 0 fully saturated rings. The van der Waals surface area contributed by atoms with Crippen LogP contribution in [0.25, 0.3) is 0 Å². The normalized spacial score (nSPS) is 10.5. The van der Waals surface area contributed by atoms with Crippen molar-refractivity contribution in [1.29, 1.82) is 0 Å². The van der Waals surface area contributed by atoms with E-state index in [1.54, 1.807) is 12.1 Å². The average molecular weight is 288 g/mol. The lowest BCUT2D eigenvalue weighted by Crippen LogP contribution is -2.20. The number of nitrogens with two attached hydrogens (primary N) is 1. The molecular weight excluding hydrogens is 267 g/mol. The SMILES string of the molecule is Nc1ccc(CCNCCc2ccc(OCF)cc2)cc1. The van der Waals surface area contributed by atoms with E-state index in [4.69, 9.17) is 10.5 Å². The van der Waals surface area contributed by atoms with Gasteiger partial charge in [0.2, 0.25) is 6.86 Å². The number of rotatable bonds is 8. The first-order valence-electron chi connectivity index (χ1n) is 7.11. The van der Waals surface area contributed by atoms with Crippen LogP contribution in [0.3, 0.4) is 0 Å². The van der Waals surface area contributed by atoms with Gasteiger partial charge in [-0.3, -0.25) is 0 Å². The lowest BCUT2D eigenvalue weighted by molar-refractivity contribution is 0.191. The molecule has 3 N–H and O–H groups in total. The zero-order valence-electron chi connectivity index (χ0n) is 12.0. The van der Waals surface area contributed by atoms with Gasteiger partial charge in [-0.15, -0.1) is 0 Å². The van der Waals surface area contributed by atoms with Crippen LogP contribution in [-0.2, 0) is 12.8 Å². The molecule has 0 aliphatic carbocycles. The van der Waals surface area contributed by atoms with Crippen molar-refractivity contribution in [3.63, 3.8) is 0 Å². The second-order valence-corrected chi connectivity index (χ2v) is 4.89. The van der Waals surface area contributed by atoms with Gasteiger partial charge in [0.25, 0.3) is 0 Å². The second-order valence-electron chi connectivity index (χ2n) is 4.89. The number of benzene rings is 2. The van der Waals surface area contributed by atoms with E-state index in [0.717, 1.165) is 31.6 Å². The molecule has 0 radical (unpaired) electrons. The average Bonchev–Trinajstić information content (AvgIpc) is 2.51. The molecule has 4 heteroatoms. The maximum absolute atomic E-state index is 12.0. The zero-order valence-corrected chi connectivity index (χ0v) is 12.0. The van der Waals surface area contributed by atoms with E-state index in [0.29, 0.717) is 5.75 Å². The Morgan fingerprint density at radius 1 is 0.857 bits per heavy atom. The van der Waals surface area contributed by atoms with E-state index in [9.17, 15) is 4.39 Å². The summed E-state index contributed by atoms with van der Waals surface area (Å²) in [6, 6.07) is 15.5. The first kappa shape index (κ1) is 15.3. The van der Waals surface area contributed by atoms with Gasteiger partial charge in [-0.1, -0.05) is 24.3 Å². The number of anilines is 1. The summed E-state index contributed by atoms with van der Waals surface area (Å²) < 4.78 is 16.8. The minimum atomic E-state index is -0.786. The molecule has 0 bridgehead atoms. The number of ether oxygens (including phenoxy) is 1. The van der Waals surface area contributed by atoms with E-state index in [1.807, 2.05) is 24.3 Å². The summed E-state index contributed by atoms with van der Waals surface area (Å²) in [6.07, 6.45) is 1.93. The lowest BCUT2D eigenvalue weighted by Gasteiger charge is -2.06. The fourth-order valence-electron chi connectivity index (χ4n) is 2.09. The third-order valence-corrected chi connectivity index (χ3v) is 3.31.